The van der Waals surface area contributed by atoms with E-state index in [1.165, 1.54) is 40.7 Å². The molecule has 3 atom stereocenters. The first-order valence-electron chi connectivity index (χ1n) is 12.9. The number of rotatable bonds is 9. The lowest BCUT2D eigenvalue weighted by molar-refractivity contribution is -0.116. The van der Waals surface area contributed by atoms with Crippen LogP contribution in [-0.4, -0.2) is 50.1 Å². The van der Waals surface area contributed by atoms with Gasteiger partial charge in [-0.05, 0) is 67.3 Å². The zero-order valence-corrected chi connectivity index (χ0v) is 22.9. The SMILES string of the molecule is CC1CNCC(CCc2c(F)cccc2NC(=O)CC(c2ccc(F)cc2)c2cc(F)cc(F)c2)N1S(C)(=O)=O. The number of halogens is 4. The molecule has 2 N–H and O–H groups in total. The quantitative estimate of drug-likeness (QED) is 0.353. The fraction of sp³-hybridized carbons (Fsp3) is 0.345. The van der Waals surface area contributed by atoms with Gasteiger partial charge >= 0.3 is 0 Å². The third kappa shape index (κ3) is 7.26. The molecular weight excluding hydrogens is 546 g/mol. The third-order valence-corrected chi connectivity index (χ3v) is 8.49. The highest BCUT2D eigenvalue weighted by atomic mass is 32.2. The summed E-state index contributed by atoms with van der Waals surface area (Å²) < 4.78 is 82.8. The Hall–Kier alpha value is -3.28. The van der Waals surface area contributed by atoms with Crippen molar-refractivity contribution in [3.63, 3.8) is 0 Å². The van der Waals surface area contributed by atoms with E-state index in [2.05, 4.69) is 10.6 Å². The summed E-state index contributed by atoms with van der Waals surface area (Å²) >= 11 is 0. The Morgan fingerprint density at radius 1 is 0.975 bits per heavy atom. The minimum absolute atomic E-state index is 0.157. The zero-order chi connectivity index (χ0) is 29.0. The average Bonchev–Trinajstić information content (AvgIpc) is 2.86. The number of amides is 1. The number of sulfonamides is 1. The monoisotopic (exact) mass is 577 g/mol. The van der Waals surface area contributed by atoms with Crippen LogP contribution in [0.5, 0.6) is 0 Å². The van der Waals surface area contributed by atoms with Gasteiger partial charge in [0.1, 0.15) is 23.3 Å². The van der Waals surface area contributed by atoms with Gasteiger partial charge in [0.15, 0.2) is 0 Å². The van der Waals surface area contributed by atoms with E-state index < -0.39 is 51.2 Å². The van der Waals surface area contributed by atoms with Crippen LogP contribution in [0.25, 0.3) is 0 Å². The van der Waals surface area contributed by atoms with Crippen LogP contribution in [-0.2, 0) is 21.2 Å². The van der Waals surface area contributed by atoms with E-state index in [0.717, 1.165) is 24.5 Å². The Bertz CT molecular complexity index is 1450. The van der Waals surface area contributed by atoms with Crippen molar-refractivity contribution in [2.24, 2.45) is 0 Å². The Kier molecular flexibility index (Phi) is 9.27. The highest BCUT2D eigenvalue weighted by molar-refractivity contribution is 7.88. The van der Waals surface area contributed by atoms with E-state index in [1.54, 1.807) is 13.0 Å². The molecule has 1 aliphatic rings. The summed E-state index contributed by atoms with van der Waals surface area (Å²) in [4.78, 5) is 13.2. The Labute approximate surface area is 231 Å². The number of hydrogen-bond acceptors (Lipinski definition) is 4. The molecule has 0 bridgehead atoms. The lowest BCUT2D eigenvalue weighted by Crippen LogP contribution is -2.58. The van der Waals surface area contributed by atoms with Gasteiger partial charge in [0.05, 0.1) is 6.26 Å². The van der Waals surface area contributed by atoms with Crippen molar-refractivity contribution in [2.45, 2.75) is 44.2 Å². The van der Waals surface area contributed by atoms with Crippen molar-refractivity contribution >= 4 is 21.6 Å². The molecule has 0 saturated carbocycles. The normalized spacial score (nSPS) is 18.9. The van der Waals surface area contributed by atoms with Crippen molar-refractivity contribution < 1.29 is 30.8 Å². The Morgan fingerprint density at radius 3 is 2.30 bits per heavy atom. The van der Waals surface area contributed by atoms with Crippen LogP contribution in [0, 0.1) is 23.3 Å². The minimum Gasteiger partial charge on any atom is -0.326 e. The molecule has 4 rings (SSSR count). The van der Waals surface area contributed by atoms with Crippen molar-refractivity contribution in [1.29, 1.82) is 0 Å². The minimum atomic E-state index is -3.49. The molecule has 1 amide bonds. The molecule has 11 heteroatoms. The highest BCUT2D eigenvalue weighted by Crippen LogP contribution is 2.31. The second-order valence-electron chi connectivity index (χ2n) is 10.1. The lowest BCUT2D eigenvalue weighted by atomic mass is 9.88. The van der Waals surface area contributed by atoms with Gasteiger partial charge in [0.2, 0.25) is 15.9 Å². The van der Waals surface area contributed by atoms with Gasteiger partial charge in [-0.15, -0.1) is 0 Å². The topological polar surface area (TPSA) is 78.5 Å². The van der Waals surface area contributed by atoms with Gasteiger partial charge < -0.3 is 10.6 Å². The molecule has 1 aliphatic heterocycles. The van der Waals surface area contributed by atoms with Crippen LogP contribution < -0.4 is 10.6 Å². The maximum Gasteiger partial charge on any atom is 0.225 e. The number of benzene rings is 3. The number of carbonyl (C=O) groups excluding carboxylic acids is 1. The maximum atomic E-state index is 15.0. The number of piperazine rings is 1. The molecule has 0 aromatic heterocycles. The first kappa shape index (κ1) is 29.7. The van der Waals surface area contributed by atoms with Crippen LogP contribution in [0.2, 0.25) is 0 Å². The molecule has 1 fully saturated rings. The van der Waals surface area contributed by atoms with Crippen molar-refractivity contribution in [1.82, 2.24) is 9.62 Å². The van der Waals surface area contributed by atoms with E-state index >= 15 is 0 Å². The standard InChI is InChI=1S/C29H31F4N3O3S/c1-18-16-34-17-24(36(18)40(2,38)39)10-11-25-27(33)4-3-5-28(25)35-29(37)15-26(19-6-8-21(30)9-7-19)20-12-22(31)14-23(32)13-20/h3-9,12-14,18,24,26,34H,10-11,15-17H2,1-2H3,(H,35,37). The fourth-order valence-electron chi connectivity index (χ4n) is 5.35. The Balaban J connectivity index is 1.55. The molecule has 0 spiro atoms. The van der Waals surface area contributed by atoms with Crippen LogP contribution in [0.3, 0.4) is 0 Å². The van der Waals surface area contributed by atoms with Gasteiger partial charge in [-0.3, -0.25) is 4.79 Å². The number of anilines is 1. The average molecular weight is 578 g/mol. The Morgan fingerprint density at radius 2 is 1.65 bits per heavy atom. The van der Waals surface area contributed by atoms with Crippen LogP contribution in [0.1, 0.15) is 42.4 Å². The predicted molar refractivity (Wildman–Crippen MR) is 145 cm³/mol. The zero-order valence-electron chi connectivity index (χ0n) is 22.1. The van der Waals surface area contributed by atoms with Gasteiger partial charge in [0, 0.05) is 54.8 Å². The third-order valence-electron chi connectivity index (χ3n) is 7.07. The van der Waals surface area contributed by atoms with E-state index in [9.17, 15) is 30.8 Å². The molecule has 3 aromatic rings. The maximum absolute atomic E-state index is 15.0. The summed E-state index contributed by atoms with van der Waals surface area (Å²) in [6.07, 6.45) is 1.37. The van der Waals surface area contributed by atoms with Gasteiger partial charge in [0.25, 0.3) is 0 Å². The van der Waals surface area contributed by atoms with E-state index in [1.807, 2.05) is 0 Å². The second kappa shape index (κ2) is 12.5. The van der Waals surface area contributed by atoms with E-state index in [-0.39, 0.29) is 35.7 Å². The van der Waals surface area contributed by atoms with Crippen LogP contribution in [0.4, 0.5) is 23.2 Å². The van der Waals surface area contributed by atoms with Gasteiger partial charge in [-0.2, -0.15) is 4.31 Å². The molecule has 1 heterocycles. The molecule has 1 saturated heterocycles. The number of carbonyl (C=O) groups is 1. The van der Waals surface area contributed by atoms with Gasteiger partial charge in [-0.1, -0.05) is 18.2 Å². The number of nitrogens with one attached hydrogen (secondary N) is 2. The summed E-state index contributed by atoms with van der Waals surface area (Å²) in [5, 5.41) is 5.91. The van der Waals surface area contributed by atoms with E-state index in [0.29, 0.717) is 25.1 Å². The molecule has 0 radical (unpaired) electrons. The largest absolute Gasteiger partial charge is 0.326 e. The second-order valence-corrected chi connectivity index (χ2v) is 12.0. The number of hydrogen-bond donors (Lipinski definition) is 2. The van der Waals surface area contributed by atoms with Crippen LogP contribution >= 0.6 is 0 Å². The van der Waals surface area contributed by atoms with Crippen molar-refractivity contribution in [3.05, 3.63) is 101 Å². The fourth-order valence-corrected chi connectivity index (χ4v) is 6.80. The summed E-state index contributed by atoms with van der Waals surface area (Å²) in [5.74, 6) is -4.03. The summed E-state index contributed by atoms with van der Waals surface area (Å²) in [6, 6.07) is 11.8. The molecule has 214 valence electrons. The summed E-state index contributed by atoms with van der Waals surface area (Å²) in [6.45, 7) is 2.73. The molecule has 6 nitrogen and oxygen atoms in total. The first-order chi connectivity index (χ1) is 18.9. The molecule has 3 aromatic carbocycles. The molecular formula is C29H31F4N3O3S. The molecule has 0 aliphatic carbocycles. The van der Waals surface area contributed by atoms with Crippen molar-refractivity contribution in [2.75, 3.05) is 24.7 Å². The van der Waals surface area contributed by atoms with E-state index in [4.69, 9.17) is 0 Å². The van der Waals surface area contributed by atoms with Gasteiger partial charge in [-0.25, -0.2) is 26.0 Å². The molecule has 3 unspecified atom stereocenters. The number of nitrogens with zero attached hydrogens (tertiary/aromatic N) is 1. The lowest BCUT2D eigenvalue weighted by Gasteiger charge is -2.39. The van der Waals surface area contributed by atoms with Crippen LogP contribution in [0.15, 0.2) is 60.7 Å². The smallest absolute Gasteiger partial charge is 0.225 e. The predicted octanol–water partition coefficient (Wildman–Crippen LogP) is 4.96. The van der Waals surface area contributed by atoms with Crippen molar-refractivity contribution in [3.8, 4) is 0 Å². The first-order valence-corrected chi connectivity index (χ1v) is 14.7. The highest BCUT2D eigenvalue weighted by Gasteiger charge is 2.34. The summed E-state index contributed by atoms with van der Waals surface area (Å²) in [7, 11) is -3.49. The molecule has 40 heavy (non-hydrogen) atoms. The summed E-state index contributed by atoms with van der Waals surface area (Å²) in [5.41, 5.74) is 1.10.